The van der Waals surface area contributed by atoms with E-state index in [1.54, 1.807) is 6.07 Å². The van der Waals surface area contributed by atoms with Crippen LogP contribution in [0.4, 0.5) is 4.39 Å². The van der Waals surface area contributed by atoms with Gasteiger partial charge in [0, 0.05) is 41.8 Å². The Labute approximate surface area is 162 Å². The molecule has 4 heteroatoms. The van der Waals surface area contributed by atoms with Crippen molar-refractivity contribution in [2.24, 2.45) is 11.8 Å². The SMILES string of the molecule is CC(C)[C@H]1CC[C@H](N2CCC(n3c(CO)cc4cc(F)ccc43)CC2)CC1. The first kappa shape index (κ1) is 18.9. The third kappa shape index (κ3) is 3.79. The van der Waals surface area contributed by atoms with Crippen molar-refractivity contribution in [3.63, 3.8) is 0 Å². The third-order valence-electron chi connectivity index (χ3n) is 7.11. The first-order chi connectivity index (χ1) is 13.1. The summed E-state index contributed by atoms with van der Waals surface area (Å²) < 4.78 is 15.8. The second kappa shape index (κ2) is 7.92. The largest absolute Gasteiger partial charge is 0.390 e. The van der Waals surface area contributed by atoms with E-state index in [-0.39, 0.29) is 12.4 Å². The van der Waals surface area contributed by atoms with Crippen LogP contribution in [-0.2, 0) is 6.61 Å². The summed E-state index contributed by atoms with van der Waals surface area (Å²) >= 11 is 0. The van der Waals surface area contributed by atoms with Crippen molar-refractivity contribution < 1.29 is 9.50 Å². The van der Waals surface area contributed by atoms with Gasteiger partial charge in [0.1, 0.15) is 5.82 Å². The highest BCUT2D eigenvalue weighted by atomic mass is 19.1. The number of aliphatic hydroxyl groups excluding tert-OH is 1. The van der Waals surface area contributed by atoms with E-state index in [0.717, 1.165) is 60.4 Å². The van der Waals surface area contributed by atoms with Crippen LogP contribution in [0.2, 0.25) is 0 Å². The number of halogens is 1. The van der Waals surface area contributed by atoms with Crippen molar-refractivity contribution in [3.8, 4) is 0 Å². The van der Waals surface area contributed by atoms with Gasteiger partial charge in [0.05, 0.1) is 6.61 Å². The number of aliphatic hydroxyl groups is 1. The van der Waals surface area contributed by atoms with Crippen molar-refractivity contribution in [3.05, 3.63) is 35.8 Å². The number of benzene rings is 1. The van der Waals surface area contributed by atoms with Crippen LogP contribution in [0.3, 0.4) is 0 Å². The molecule has 1 aromatic heterocycles. The van der Waals surface area contributed by atoms with E-state index >= 15 is 0 Å². The predicted octanol–water partition coefficient (Wildman–Crippen LogP) is 5.12. The van der Waals surface area contributed by atoms with Crippen LogP contribution >= 0.6 is 0 Å². The van der Waals surface area contributed by atoms with Crippen LogP contribution in [0.25, 0.3) is 10.9 Å². The van der Waals surface area contributed by atoms with Crippen LogP contribution in [0.15, 0.2) is 24.3 Å². The zero-order valence-electron chi connectivity index (χ0n) is 16.7. The van der Waals surface area contributed by atoms with E-state index in [1.165, 1.54) is 31.7 Å². The maximum atomic E-state index is 13.6. The molecule has 1 aliphatic carbocycles. The minimum Gasteiger partial charge on any atom is -0.390 e. The van der Waals surface area contributed by atoms with E-state index in [4.69, 9.17) is 0 Å². The Morgan fingerprint density at radius 3 is 2.33 bits per heavy atom. The molecule has 0 amide bonds. The normalized spacial score (nSPS) is 25.5. The van der Waals surface area contributed by atoms with E-state index in [2.05, 4.69) is 23.3 Å². The van der Waals surface area contributed by atoms with Crippen molar-refractivity contribution in [2.45, 2.75) is 71.1 Å². The van der Waals surface area contributed by atoms with Crippen LogP contribution in [0, 0.1) is 17.7 Å². The molecule has 27 heavy (non-hydrogen) atoms. The Bertz CT molecular complexity index is 768. The Hall–Kier alpha value is -1.39. The van der Waals surface area contributed by atoms with Crippen molar-refractivity contribution in [2.75, 3.05) is 13.1 Å². The van der Waals surface area contributed by atoms with Gasteiger partial charge in [0.25, 0.3) is 0 Å². The Morgan fingerprint density at radius 1 is 1.00 bits per heavy atom. The smallest absolute Gasteiger partial charge is 0.123 e. The molecule has 2 heterocycles. The van der Waals surface area contributed by atoms with Gasteiger partial charge in [-0.1, -0.05) is 13.8 Å². The summed E-state index contributed by atoms with van der Waals surface area (Å²) in [6.45, 7) is 7.00. The average molecular weight is 373 g/mol. The summed E-state index contributed by atoms with van der Waals surface area (Å²) in [4.78, 5) is 2.71. The molecular formula is C23H33FN2O. The zero-order chi connectivity index (χ0) is 19.0. The molecule has 0 atom stereocenters. The summed E-state index contributed by atoms with van der Waals surface area (Å²) in [5, 5.41) is 10.7. The maximum Gasteiger partial charge on any atom is 0.123 e. The number of hydrogen-bond acceptors (Lipinski definition) is 2. The molecule has 1 aromatic carbocycles. The molecular weight excluding hydrogens is 339 g/mol. The molecule has 3 nitrogen and oxygen atoms in total. The van der Waals surface area contributed by atoms with Gasteiger partial charge in [-0.25, -0.2) is 4.39 Å². The number of nitrogens with zero attached hydrogens (tertiary/aromatic N) is 2. The van der Waals surface area contributed by atoms with Gasteiger partial charge < -0.3 is 14.6 Å². The van der Waals surface area contributed by atoms with Crippen molar-refractivity contribution in [1.29, 1.82) is 0 Å². The molecule has 148 valence electrons. The van der Waals surface area contributed by atoms with Gasteiger partial charge in [0.15, 0.2) is 0 Å². The van der Waals surface area contributed by atoms with Gasteiger partial charge in [-0.2, -0.15) is 0 Å². The lowest BCUT2D eigenvalue weighted by Crippen LogP contribution is -2.44. The molecule has 2 aromatic rings. The monoisotopic (exact) mass is 372 g/mol. The highest BCUT2D eigenvalue weighted by molar-refractivity contribution is 5.81. The van der Waals surface area contributed by atoms with E-state index < -0.39 is 0 Å². The maximum absolute atomic E-state index is 13.6. The number of fused-ring (bicyclic) bond motifs is 1. The summed E-state index contributed by atoms with van der Waals surface area (Å²) in [5.74, 6) is 1.52. The highest BCUT2D eigenvalue weighted by Gasteiger charge is 2.31. The first-order valence-electron chi connectivity index (χ1n) is 10.7. The van der Waals surface area contributed by atoms with Gasteiger partial charge in [-0.15, -0.1) is 0 Å². The lowest BCUT2D eigenvalue weighted by molar-refractivity contribution is 0.0882. The zero-order valence-corrected chi connectivity index (χ0v) is 16.7. The summed E-state index contributed by atoms with van der Waals surface area (Å²) in [5.41, 5.74) is 1.96. The number of likely N-dealkylation sites (tertiary alicyclic amines) is 1. The number of rotatable bonds is 4. The fraction of sp³-hybridized carbons (Fsp3) is 0.652. The van der Waals surface area contributed by atoms with Crippen LogP contribution in [-0.4, -0.2) is 33.7 Å². The average Bonchev–Trinajstić information content (AvgIpc) is 3.05. The molecule has 0 unspecified atom stereocenters. The van der Waals surface area contributed by atoms with Crippen molar-refractivity contribution >= 4 is 10.9 Å². The molecule has 0 radical (unpaired) electrons. The van der Waals surface area contributed by atoms with Gasteiger partial charge >= 0.3 is 0 Å². The molecule has 2 aliphatic rings. The van der Waals surface area contributed by atoms with Gasteiger partial charge in [0.2, 0.25) is 0 Å². The highest BCUT2D eigenvalue weighted by Crippen LogP contribution is 2.36. The number of piperidine rings is 1. The quantitative estimate of drug-likeness (QED) is 0.806. The summed E-state index contributed by atoms with van der Waals surface area (Å²) in [6.07, 6.45) is 7.67. The second-order valence-electron chi connectivity index (χ2n) is 8.95. The molecule has 2 fully saturated rings. The third-order valence-corrected chi connectivity index (χ3v) is 7.11. The van der Waals surface area contributed by atoms with Gasteiger partial charge in [-0.3, -0.25) is 0 Å². The van der Waals surface area contributed by atoms with Crippen LogP contribution in [0.5, 0.6) is 0 Å². The molecule has 0 spiro atoms. The fourth-order valence-corrected chi connectivity index (χ4v) is 5.46. The Kier molecular flexibility index (Phi) is 5.56. The molecule has 0 bridgehead atoms. The standard InChI is InChI=1S/C23H33FN2O/c1-16(2)17-3-6-20(7-4-17)25-11-9-21(10-12-25)26-22(15-27)14-18-13-19(24)5-8-23(18)26/h5,8,13-14,16-17,20-21,27H,3-4,6-7,9-12,15H2,1-2H3/t17-,20-. The van der Waals surface area contributed by atoms with Gasteiger partial charge in [-0.05, 0) is 74.6 Å². The lowest BCUT2D eigenvalue weighted by Gasteiger charge is -2.42. The summed E-state index contributed by atoms with van der Waals surface area (Å²) in [6, 6.07) is 8.07. The molecule has 1 aliphatic heterocycles. The topological polar surface area (TPSA) is 28.4 Å². The second-order valence-corrected chi connectivity index (χ2v) is 8.95. The number of aromatic nitrogens is 1. The van der Waals surface area contributed by atoms with E-state index in [0.29, 0.717) is 6.04 Å². The lowest BCUT2D eigenvalue weighted by atomic mass is 9.79. The Morgan fingerprint density at radius 2 is 1.70 bits per heavy atom. The fourth-order valence-electron chi connectivity index (χ4n) is 5.46. The molecule has 1 N–H and O–H groups in total. The number of hydrogen-bond donors (Lipinski definition) is 1. The first-order valence-corrected chi connectivity index (χ1v) is 10.7. The minimum absolute atomic E-state index is 0.00965. The van der Waals surface area contributed by atoms with Crippen LogP contribution < -0.4 is 0 Å². The van der Waals surface area contributed by atoms with Crippen molar-refractivity contribution in [1.82, 2.24) is 9.47 Å². The Balaban J connectivity index is 1.43. The molecule has 1 saturated heterocycles. The summed E-state index contributed by atoms with van der Waals surface area (Å²) in [7, 11) is 0. The minimum atomic E-state index is -0.212. The van der Waals surface area contributed by atoms with E-state index in [9.17, 15) is 9.50 Å². The van der Waals surface area contributed by atoms with E-state index in [1.807, 2.05) is 12.1 Å². The molecule has 1 saturated carbocycles. The van der Waals surface area contributed by atoms with Crippen LogP contribution in [0.1, 0.15) is 64.1 Å². The molecule has 4 rings (SSSR count). The predicted molar refractivity (Wildman–Crippen MR) is 108 cm³/mol.